The summed E-state index contributed by atoms with van der Waals surface area (Å²) in [6, 6.07) is 20.9. The van der Waals surface area contributed by atoms with Crippen molar-refractivity contribution in [1.29, 1.82) is 0 Å². The smallest absolute Gasteiger partial charge is 0.333 e. The van der Waals surface area contributed by atoms with Crippen LogP contribution in [0.25, 0.3) is 21.9 Å². The summed E-state index contributed by atoms with van der Waals surface area (Å²) in [4.78, 5) is 11.8. The fourth-order valence-electron chi connectivity index (χ4n) is 3.09. The molecule has 0 aliphatic rings. The molecule has 3 heteroatoms. The molecule has 0 aliphatic heterocycles. The number of carbonyl (C=O) groups is 1. The SMILES string of the molecule is C=C(C)C(=O)OCc1cc(-c2ccc3ccccc3c2)ccc1CCCO. The number of aliphatic hydroxyl groups is 1. The summed E-state index contributed by atoms with van der Waals surface area (Å²) in [5, 5.41) is 11.5. The molecule has 0 saturated carbocycles. The summed E-state index contributed by atoms with van der Waals surface area (Å²) in [6.07, 6.45) is 1.42. The highest BCUT2D eigenvalue weighted by Crippen LogP contribution is 2.27. The number of ether oxygens (including phenoxy) is 1. The molecule has 0 aromatic heterocycles. The summed E-state index contributed by atoms with van der Waals surface area (Å²) in [5.41, 5.74) is 4.63. The highest BCUT2D eigenvalue weighted by molar-refractivity contribution is 5.88. The molecule has 0 aliphatic carbocycles. The Hall–Kier alpha value is -2.91. The number of esters is 1. The van der Waals surface area contributed by atoms with Gasteiger partial charge in [0.05, 0.1) is 0 Å². The maximum atomic E-state index is 11.8. The fourth-order valence-corrected chi connectivity index (χ4v) is 3.09. The minimum absolute atomic E-state index is 0.136. The molecule has 0 spiro atoms. The van der Waals surface area contributed by atoms with Crippen LogP contribution in [0.3, 0.4) is 0 Å². The lowest BCUT2D eigenvalue weighted by atomic mass is 9.95. The van der Waals surface area contributed by atoms with E-state index in [2.05, 4.69) is 55.1 Å². The maximum absolute atomic E-state index is 11.8. The Morgan fingerprint density at radius 2 is 1.67 bits per heavy atom. The summed E-state index contributed by atoms with van der Waals surface area (Å²) < 4.78 is 5.37. The Kier molecular flexibility index (Phi) is 6.05. The van der Waals surface area contributed by atoms with Crippen LogP contribution in [0.4, 0.5) is 0 Å². The van der Waals surface area contributed by atoms with Crippen LogP contribution in [-0.2, 0) is 22.6 Å². The van der Waals surface area contributed by atoms with Crippen LogP contribution >= 0.6 is 0 Å². The minimum atomic E-state index is -0.390. The van der Waals surface area contributed by atoms with E-state index >= 15 is 0 Å². The molecule has 3 rings (SSSR count). The van der Waals surface area contributed by atoms with Gasteiger partial charge in [-0.05, 0) is 64.9 Å². The molecule has 0 fully saturated rings. The van der Waals surface area contributed by atoms with Gasteiger partial charge in [0.25, 0.3) is 0 Å². The minimum Gasteiger partial charge on any atom is -0.457 e. The van der Waals surface area contributed by atoms with Gasteiger partial charge in [-0.2, -0.15) is 0 Å². The van der Waals surface area contributed by atoms with E-state index < -0.39 is 0 Å². The molecule has 0 radical (unpaired) electrons. The van der Waals surface area contributed by atoms with Crippen molar-refractivity contribution >= 4 is 16.7 Å². The van der Waals surface area contributed by atoms with Crippen molar-refractivity contribution in [2.45, 2.75) is 26.4 Å². The van der Waals surface area contributed by atoms with Crippen LogP contribution in [0.5, 0.6) is 0 Å². The first-order chi connectivity index (χ1) is 13.1. The molecule has 0 bridgehead atoms. The fraction of sp³-hybridized carbons (Fsp3) is 0.208. The van der Waals surface area contributed by atoms with Crippen molar-refractivity contribution in [2.24, 2.45) is 0 Å². The average Bonchev–Trinajstić information content (AvgIpc) is 2.70. The van der Waals surface area contributed by atoms with Gasteiger partial charge in [0, 0.05) is 12.2 Å². The van der Waals surface area contributed by atoms with Crippen molar-refractivity contribution in [2.75, 3.05) is 6.61 Å². The Labute approximate surface area is 159 Å². The zero-order valence-electron chi connectivity index (χ0n) is 15.6. The molecule has 0 unspecified atom stereocenters. The standard InChI is InChI=1S/C24H24O3/c1-17(2)24(26)27-16-23-15-22(12-10-19(23)8-5-13-25)21-11-9-18-6-3-4-7-20(18)14-21/h3-4,6-7,9-12,14-15,25H,1,5,8,13,16H2,2H3. The van der Waals surface area contributed by atoms with Gasteiger partial charge in [0.15, 0.2) is 0 Å². The molecule has 0 amide bonds. The molecule has 0 heterocycles. The van der Waals surface area contributed by atoms with E-state index in [9.17, 15) is 4.79 Å². The monoisotopic (exact) mass is 360 g/mol. The number of fused-ring (bicyclic) bond motifs is 1. The van der Waals surface area contributed by atoms with Gasteiger partial charge in [-0.25, -0.2) is 4.79 Å². The van der Waals surface area contributed by atoms with E-state index in [1.54, 1.807) is 6.92 Å². The number of benzene rings is 3. The van der Waals surface area contributed by atoms with E-state index in [0.29, 0.717) is 12.0 Å². The lowest BCUT2D eigenvalue weighted by Gasteiger charge is -2.13. The number of aryl methyl sites for hydroxylation is 1. The summed E-state index contributed by atoms with van der Waals surface area (Å²) in [5.74, 6) is -0.390. The molecule has 0 atom stereocenters. The third-order valence-corrected chi connectivity index (χ3v) is 4.60. The van der Waals surface area contributed by atoms with Crippen molar-refractivity contribution in [1.82, 2.24) is 0 Å². The predicted octanol–water partition coefficient (Wildman–Crippen LogP) is 5.05. The Morgan fingerprint density at radius 1 is 0.963 bits per heavy atom. The normalized spacial score (nSPS) is 10.7. The first-order valence-electron chi connectivity index (χ1n) is 9.13. The van der Waals surface area contributed by atoms with Gasteiger partial charge in [0.1, 0.15) is 6.61 Å². The second-order valence-electron chi connectivity index (χ2n) is 6.73. The molecular formula is C24H24O3. The predicted molar refractivity (Wildman–Crippen MR) is 109 cm³/mol. The van der Waals surface area contributed by atoms with E-state index in [0.717, 1.165) is 28.7 Å². The summed E-state index contributed by atoms with van der Waals surface area (Å²) >= 11 is 0. The quantitative estimate of drug-likeness (QED) is 0.474. The average molecular weight is 360 g/mol. The van der Waals surface area contributed by atoms with Crippen molar-refractivity contribution in [3.8, 4) is 11.1 Å². The number of rotatable bonds is 7. The number of carbonyl (C=O) groups excluding carboxylic acids is 1. The van der Waals surface area contributed by atoms with E-state index in [1.807, 2.05) is 12.1 Å². The molecule has 3 aromatic rings. The Bertz CT molecular complexity index is 972. The molecule has 0 saturated heterocycles. The van der Waals surface area contributed by atoms with Crippen LogP contribution < -0.4 is 0 Å². The number of hydrogen-bond donors (Lipinski definition) is 1. The Morgan fingerprint density at radius 3 is 2.41 bits per heavy atom. The van der Waals surface area contributed by atoms with Gasteiger partial charge in [-0.15, -0.1) is 0 Å². The number of aliphatic hydroxyl groups excluding tert-OH is 1. The molecule has 27 heavy (non-hydrogen) atoms. The maximum Gasteiger partial charge on any atom is 0.333 e. The topological polar surface area (TPSA) is 46.5 Å². The Balaban J connectivity index is 1.93. The van der Waals surface area contributed by atoms with Gasteiger partial charge < -0.3 is 9.84 Å². The van der Waals surface area contributed by atoms with Crippen LogP contribution in [0, 0.1) is 0 Å². The van der Waals surface area contributed by atoms with Crippen LogP contribution in [-0.4, -0.2) is 17.7 Å². The first kappa shape index (κ1) is 18.9. The largest absolute Gasteiger partial charge is 0.457 e. The van der Waals surface area contributed by atoms with E-state index in [4.69, 9.17) is 9.84 Å². The summed E-state index contributed by atoms with van der Waals surface area (Å²) in [7, 11) is 0. The summed E-state index contributed by atoms with van der Waals surface area (Å²) in [6.45, 7) is 5.60. The molecule has 3 nitrogen and oxygen atoms in total. The molecular weight excluding hydrogens is 336 g/mol. The van der Waals surface area contributed by atoms with Crippen molar-refractivity contribution in [3.63, 3.8) is 0 Å². The highest BCUT2D eigenvalue weighted by Gasteiger charge is 2.10. The number of hydrogen-bond acceptors (Lipinski definition) is 3. The van der Waals surface area contributed by atoms with Gasteiger partial charge in [-0.3, -0.25) is 0 Å². The highest BCUT2D eigenvalue weighted by atomic mass is 16.5. The molecule has 1 N–H and O–H groups in total. The molecule has 3 aromatic carbocycles. The van der Waals surface area contributed by atoms with Crippen molar-refractivity contribution < 1.29 is 14.6 Å². The zero-order valence-corrected chi connectivity index (χ0v) is 15.6. The first-order valence-corrected chi connectivity index (χ1v) is 9.13. The third-order valence-electron chi connectivity index (χ3n) is 4.60. The lowest BCUT2D eigenvalue weighted by molar-refractivity contribution is -0.140. The van der Waals surface area contributed by atoms with Gasteiger partial charge in [-0.1, -0.05) is 55.1 Å². The third kappa shape index (κ3) is 4.63. The van der Waals surface area contributed by atoms with Crippen molar-refractivity contribution in [3.05, 3.63) is 83.9 Å². The van der Waals surface area contributed by atoms with Gasteiger partial charge in [0.2, 0.25) is 0 Å². The van der Waals surface area contributed by atoms with E-state index in [-0.39, 0.29) is 19.2 Å². The second kappa shape index (κ2) is 8.65. The van der Waals surface area contributed by atoms with Crippen LogP contribution in [0.2, 0.25) is 0 Å². The molecule has 138 valence electrons. The van der Waals surface area contributed by atoms with Crippen LogP contribution in [0.1, 0.15) is 24.5 Å². The zero-order chi connectivity index (χ0) is 19.2. The van der Waals surface area contributed by atoms with Crippen LogP contribution in [0.15, 0.2) is 72.8 Å². The lowest BCUT2D eigenvalue weighted by Crippen LogP contribution is -2.07. The van der Waals surface area contributed by atoms with E-state index in [1.165, 1.54) is 10.8 Å². The van der Waals surface area contributed by atoms with Gasteiger partial charge >= 0.3 is 5.97 Å². The second-order valence-corrected chi connectivity index (χ2v) is 6.73.